The van der Waals surface area contributed by atoms with Crippen molar-refractivity contribution < 1.29 is 29.1 Å². The van der Waals surface area contributed by atoms with Gasteiger partial charge < -0.3 is 32.5 Å². The van der Waals surface area contributed by atoms with Crippen LogP contribution in [0.4, 0.5) is 0 Å². The molecule has 176 valence electrons. The first-order valence-electron chi connectivity index (χ1n) is 10.2. The molecule has 0 aromatic heterocycles. The summed E-state index contributed by atoms with van der Waals surface area (Å²) in [5.74, 6) is -4.12. The van der Waals surface area contributed by atoms with E-state index in [0.29, 0.717) is 12.0 Å². The van der Waals surface area contributed by atoms with Gasteiger partial charge in [-0.05, 0) is 17.9 Å². The topological polar surface area (TPSA) is 194 Å². The van der Waals surface area contributed by atoms with Crippen molar-refractivity contribution in [3.05, 3.63) is 35.9 Å². The number of hydrogen-bond donors (Lipinski definition) is 6. The number of carbonyl (C=O) groups is 5. The van der Waals surface area contributed by atoms with E-state index in [2.05, 4.69) is 16.0 Å². The largest absolute Gasteiger partial charge is 0.480 e. The van der Waals surface area contributed by atoms with Crippen molar-refractivity contribution in [3.8, 4) is 0 Å². The number of carboxylic acid groups (broad SMARTS) is 1. The molecule has 0 radical (unpaired) electrons. The van der Waals surface area contributed by atoms with E-state index >= 15 is 0 Å². The van der Waals surface area contributed by atoms with Gasteiger partial charge in [0.05, 0.1) is 19.0 Å². The molecule has 0 heterocycles. The molecule has 1 aromatic rings. The maximum absolute atomic E-state index is 12.4. The molecule has 0 aliphatic carbocycles. The van der Waals surface area contributed by atoms with Crippen LogP contribution in [-0.4, -0.2) is 59.4 Å². The van der Waals surface area contributed by atoms with Crippen LogP contribution in [0.25, 0.3) is 0 Å². The van der Waals surface area contributed by atoms with Crippen molar-refractivity contribution in [2.75, 3.05) is 6.54 Å². The summed E-state index contributed by atoms with van der Waals surface area (Å²) in [6, 6.07) is 5.34. The maximum atomic E-state index is 12.4. The Kier molecular flexibility index (Phi) is 10.8. The van der Waals surface area contributed by atoms with Crippen molar-refractivity contribution in [3.63, 3.8) is 0 Å². The van der Waals surface area contributed by atoms with Crippen molar-refractivity contribution in [1.82, 2.24) is 16.0 Å². The van der Waals surface area contributed by atoms with Crippen LogP contribution in [0.2, 0.25) is 0 Å². The van der Waals surface area contributed by atoms with Gasteiger partial charge in [0.25, 0.3) is 0 Å². The van der Waals surface area contributed by atoms with Gasteiger partial charge in [0.1, 0.15) is 12.1 Å². The van der Waals surface area contributed by atoms with Crippen LogP contribution in [0.1, 0.15) is 32.3 Å². The minimum Gasteiger partial charge on any atom is -0.480 e. The predicted molar refractivity (Wildman–Crippen MR) is 116 cm³/mol. The number of carbonyl (C=O) groups excluding carboxylic acids is 4. The van der Waals surface area contributed by atoms with E-state index in [1.54, 1.807) is 30.3 Å². The fourth-order valence-electron chi connectivity index (χ4n) is 2.89. The number of benzene rings is 1. The van der Waals surface area contributed by atoms with Crippen LogP contribution in [0.5, 0.6) is 0 Å². The number of nitrogens with one attached hydrogen (secondary N) is 3. The summed E-state index contributed by atoms with van der Waals surface area (Å²) < 4.78 is 0. The highest BCUT2D eigenvalue weighted by Gasteiger charge is 2.27. The van der Waals surface area contributed by atoms with Gasteiger partial charge in [0.2, 0.25) is 23.6 Å². The second kappa shape index (κ2) is 13.1. The summed E-state index contributed by atoms with van der Waals surface area (Å²) in [5, 5.41) is 16.3. The van der Waals surface area contributed by atoms with Gasteiger partial charge in [-0.1, -0.05) is 44.2 Å². The highest BCUT2D eigenvalue weighted by atomic mass is 16.4. The summed E-state index contributed by atoms with van der Waals surface area (Å²) in [6.07, 6.45) is -0.0551. The Bertz CT molecular complexity index is 814. The van der Waals surface area contributed by atoms with E-state index in [4.69, 9.17) is 11.5 Å². The summed E-state index contributed by atoms with van der Waals surface area (Å²) in [4.78, 5) is 59.5. The van der Waals surface area contributed by atoms with Crippen LogP contribution in [-0.2, 0) is 30.4 Å². The molecule has 0 spiro atoms. The zero-order chi connectivity index (χ0) is 24.3. The van der Waals surface area contributed by atoms with E-state index in [0.717, 1.165) is 0 Å². The number of aliphatic carboxylic acids is 1. The maximum Gasteiger partial charge on any atom is 0.326 e. The Morgan fingerprint density at radius 1 is 0.969 bits per heavy atom. The average Bonchev–Trinajstić information content (AvgIpc) is 2.70. The van der Waals surface area contributed by atoms with Crippen molar-refractivity contribution in [2.24, 2.45) is 17.4 Å². The molecule has 1 aromatic carbocycles. The predicted octanol–water partition coefficient (Wildman–Crippen LogP) is -1.35. The van der Waals surface area contributed by atoms with Crippen molar-refractivity contribution in [1.29, 1.82) is 0 Å². The SMILES string of the molecule is CC(C)CC(N)C(=O)NC(CC(N)=O)C(=O)NCC(=O)NC(Cc1ccccc1)C(=O)O. The Labute approximate surface area is 186 Å². The lowest BCUT2D eigenvalue weighted by atomic mass is 10.0. The molecular weight excluding hydrogens is 418 g/mol. The fourth-order valence-corrected chi connectivity index (χ4v) is 2.89. The van der Waals surface area contributed by atoms with E-state index in [1.807, 2.05) is 13.8 Å². The van der Waals surface area contributed by atoms with E-state index in [1.165, 1.54) is 0 Å². The minimum absolute atomic E-state index is 0.0595. The number of carboxylic acids is 1. The number of rotatable bonds is 13. The van der Waals surface area contributed by atoms with Crippen molar-refractivity contribution in [2.45, 2.75) is 51.2 Å². The first-order chi connectivity index (χ1) is 15.0. The summed E-state index contributed by atoms with van der Waals surface area (Å²) in [5.41, 5.74) is 11.6. The number of nitrogens with two attached hydrogens (primary N) is 2. The second-order valence-electron chi connectivity index (χ2n) is 7.83. The standard InChI is InChI=1S/C21H31N5O6/c1-12(2)8-14(22)19(29)26-15(10-17(23)27)20(30)24-11-18(28)25-16(21(31)32)9-13-6-4-3-5-7-13/h3-7,12,14-16H,8-11,22H2,1-2H3,(H2,23,27)(H,24,30)(H,25,28)(H,26,29)(H,31,32). The molecule has 0 saturated carbocycles. The first-order valence-corrected chi connectivity index (χ1v) is 10.2. The molecule has 0 aliphatic heterocycles. The zero-order valence-electron chi connectivity index (χ0n) is 18.2. The molecule has 3 unspecified atom stereocenters. The Hall–Kier alpha value is -3.47. The highest BCUT2D eigenvalue weighted by molar-refractivity contribution is 5.95. The molecule has 8 N–H and O–H groups in total. The molecule has 0 aliphatic rings. The van der Waals surface area contributed by atoms with Crippen LogP contribution in [0, 0.1) is 5.92 Å². The quantitative estimate of drug-likeness (QED) is 0.214. The van der Waals surface area contributed by atoms with Crippen LogP contribution in [0.15, 0.2) is 30.3 Å². The Balaban J connectivity index is 2.67. The third-order valence-electron chi connectivity index (χ3n) is 4.44. The third kappa shape index (κ3) is 10.0. The van der Waals surface area contributed by atoms with Gasteiger partial charge in [-0.2, -0.15) is 0 Å². The molecule has 0 fully saturated rings. The number of primary amides is 1. The van der Waals surface area contributed by atoms with Gasteiger partial charge in [0.15, 0.2) is 0 Å². The van der Waals surface area contributed by atoms with Gasteiger partial charge in [0, 0.05) is 6.42 Å². The van der Waals surface area contributed by atoms with Gasteiger partial charge in [-0.3, -0.25) is 19.2 Å². The van der Waals surface area contributed by atoms with Gasteiger partial charge in [-0.25, -0.2) is 4.79 Å². The summed E-state index contributed by atoms with van der Waals surface area (Å²) in [7, 11) is 0. The molecule has 11 nitrogen and oxygen atoms in total. The molecule has 1 rings (SSSR count). The lowest BCUT2D eigenvalue weighted by Gasteiger charge is -2.21. The number of amides is 4. The molecular formula is C21H31N5O6. The summed E-state index contributed by atoms with van der Waals surface area (Å²) >= 11 is 0. The fraction of sp³-hybridized carbons (Fsp3) is 0.476. The third-order valence-corrected chi connectivity index (χ3v) is 4.44. The van der Waals surface area contributed by atoms with Gasteiger partial charge in [-0.15, -0.1) is 0 Å². The summed E-state index contributed by atoms with van der Waals surface area (Å²) in [6.45, 7) is 3.20. The van der Waals surface area contributed by atoms with Crippen LogP contribution in [0.3, 0.4) is 0 Å². The minimum atomic E-state index is -1.31. The molecule has 32 heavy (non-hydrogen) atoms. The Morgan fingerprint density at radius 3 is 2.12 bits per heavy atom. The van der Waals surface area contributed by atoms with Gasteiger partial charge >= 0.3 is 5.97 Å². The first kappa shape index (κ1) is 26.6. The van der Waals surface area contributed by atoms with Crippen LogP contribution < -0.4 is 27.4 Å². The lowest BCUT2D eigenvalue weighted by molar-refractivity contribution is -0.141. The molecule has 11 heteroatoms. The highest BCUT2D eigenvalue weighted by Crippen LogP contribution is 2.05. The molecule has 0 saturated heterocycles. The molecule has 0 bridgehead atoms. The van der Waals surface area contributed by atoms with Crippen LogP contribution >= 0.6 is 0 Å². The molecule has 3 atom stereocenters. The normalized spacial score (nSPS) is 13.5. The average molecular weight is 450 g/mol. The van der Waals surface area contributed by atoms with E-state index in [9.17, 15) is 29.1 Å². The molecule has 4 amide bonds. The zero-order valence-corrected chi connectivity index (χ0v) is 18.2. The second-order valence-corrected chi connectivity index (χ2v) is 7.83. The van der Waals surface area contributed by atoms with E-state index < -0.39 is 60.7 Å². The number of hydrogen-bond acceptors (Lipinski definition) is 6. The smallest absolute Gasteiger partial charge is 0.326 e. The Morgan fingerprint density at radius 2 is 1.59 bits per heavy atom. The lowest BCUT2D eigenvalue weighted by Crippen LogP contribution is -2.54. The monoisotopic (exact) mass is 449 g/mol. The van der Waals surface area contributed by atoms with E-state index in [-0.39, 0.29) is 12.3 Å². The van der Waals surface area contributed by atoms with Crippen molar-refractivity contribution >= 4 is 29.6 Å².